The predicted molar refractivity (Wildman–Crippen MR) is 113 cm³/mol. The van der Waals surface area contributed by atoms with Gasteiger partial charge in [-0.25, -0.2) is 4.79 Å². The van der Waals surface area contributed by atoms with Gasteiger partial charge in [0.15, 0.2) is 0 Å². The monoisotopic (exact) mass is 428 g/mol. The van der Waals surface area contributed by atoms with Crippen molar-refractivity contribution in [2.24, 2.45) is 17.3 Å². The van der Waals surface area contributed by atoms with Gasteiger partial charge in [0.2, 0.25) is 0 Å². The highest BCUT2D eigenvalue weighted by molar-refractivity contribution is 6.36. The van der Waals surface area contributed by atoms with Crippen molar-refractivity contribution in [3.05, 3.63) is 33.8 Å². The molecule has 3 unspecified atom stereocenters. The van der Waals surface area contributed by atoms with Gasteiger partial charge >= 0.3 is 12.0 Å². The van der Waals surface area contributed by atoms with E-state index in [1.54, 1.807) is 18.2 Å². The Balaban J connectivity index is 2.02. The molecule has 3 atom stereocenters. The van der Waals surface area contributed by atoms with Crippen LogP contribution in [-0.2, 0) is 4.79 Å². The highest BCUT2D eigenvalue weighted by Crippen LogP contribution is 2.43. The third-order valence-corrected chi connectivity index (χ3v) is 6.02. The van der Waals surface area contributed by atoms with E-state index in [0.717, 1.165) is 19.3 Å². The smallest absolute Gasteiger partial charge is 0.315 e. The Kier molecular flexibility index (Phi) is 7.63. The summed E-state index contributed by atoms with van der Waals surface area (Å²) in [5.74, 6) is -1.12. The average molecular weight is 429 g/mol. The zero-order chi connectivity index (χ0) is 21.1. The lowest BCUT2D eigenvalue weighted by atomic mass is 9.88. The van der Waals surface area contributed by atoms with E-state index < -0.39 is 11.9 Å². The van der Waals surface area contributed by atoms with Crippen LogP contribution in [0.2, 0.25) is 10.0 Å². The van der Waals surface area contributed by atoms with E-state index in [4.69, 9.17) is 23.2 Å². The largest absolute Gasteiger partial charge is 0.481 e. The van der Waals surface area contributed by atoms with Crippen molar-refractivity contribution in [1.82, 2.24) is 10.6 Å². The second-order valence-corrected chi connectivity index (χ2v) is 9.76. The number of hydrogen-bond donors (Lipinski definition) is 3. The van der Waals surface area contributed by atoms with Gasteiger partial charge in [-0.15, -0.1) is 0 Å². The van der Waals surface area contributed by atoms with Crippen molar-refractivity contribution in [3.63, 3.8) is 0 Å². The van der Waals surface area contributed by atoms with E-state index in [-0.39, 0.29) is 34.1 Å². The first kappa shape index (κ1) is 22.8. The maximum atomic E-state index is 12.5. The van der Waals surface area contributed by atoms with Gasteiger partial charge in [-0.1, -0.05) is 57.0 Å². The normalized spacial score (nSPS) is 22.1. The Morgan fingerprint density at radius 2 is 1.82 bits per heavy atom. The lowest BCUT2D eigenvalue weighted by Crippen LogP contribution is -2.45. The zero-order valence-corrected chi connectivity index (χ0v) is 18.4. The number of hydrogen-bond acceptors (Lipinski definition) is 2. The molecule has 156 valence electrons. The lowest BCUT2D eigenvalue weighted by molar-refractivity contribution is -0.138. The fourth-order valence-corrected chi connectivity index (χ4v) is 4.95. The molecule has 2 rings (SSSR count). The summed E-state index contributed by atoms with van der Waals surface area (Å²) in [5.41, 5.74) is 0.505. The number of halogens is 2. The quantitative estimate of drug-likeness (QED) is 0.550. The van der Waals surface area contributed by atoms with Crippen LogP contribution < -0.4 is 10.6 Å². The first-order valence-electron chi connectivity index (χ1n) is 9.71. The molecule has 0 bridgehead atoms. The number of urea groups is 1. The number of nitrogens with one attached hydrogen (secondary N) is 2. The average Bonchev–Trinajstić information content (AvgIpc) is 2.82. The van der Waals surface area contributed by atoms with Gasteiger partial charge in [-0.2, -0.15) is 0 Å². The second kappa shape index (κ2) is 9.36. The molecule has 0 aliphatic heterocycles. The predicted octanol–water partition coefficient (Wildman–Crippen LogP) is 5.31. The van der Waals surface area contributed by atoms with E-state index in [2.05, 4.69) is 38.3 Å². The molecule has 28 heavy (non-hydrogen) atoms. The van der Waals surface area contributed by atoms with Crippen LogP contribution in [0.25, 0.3) is 0 Å². The van der Waals surface area contributed by atoms with E-state index in [1.165, 1.54) is 0 Å². The van der Waals surface area contributed by atoms with Crippen molar-refractivity contribution in [2.45, 2.75) is 58.9 Å². The van der Waals surface area contributed by atoms with E-state index in [0.29, 0.717) is 17.4 Å². The first-order chi connectivity index (χ1) is 13.0. The summed E-state index contributed by atoms with van der Waals surface area (Å²) < 4.78 is 0. The molecule has 1 aromatic rings. The standard InChI is InChI=1S/C21H30Cl2N2O3/c1-12(2)8-13-9-21(3,4)10-17(13)25-20(28)24-11-14(19(26)27)18-15(22)6-5-7-16(18)23/h5-7,12-14,17H,8-11H2,1-4H3,(H,26,27)(H2,24,25,28). The fraction of sp³-hybridized carbons (Fsp3) is 0.619. The molecule has 1 aliphatic rings. The van der Waals surface area contributed by atoms with Crippen LogP contribution in [0.5, 0.6) is 0 Å². The van der Waals surface area contributed by atoms with E-state index in [1.807, 2.05) is 0 Å². The molecule has 0 saturated heterocycles. The number of carbonyl (C=O) groups excluding carboxylic acids is 1. The highest BCUT2D eigenvalue weighted by Gasteiger charge is 2.40. The molecule has 1 saturated carbocycles. The van der Waals surface area contributed by atoms with Gasteiger partial charge in [0.1, 0.15) is 5.92 Å². The molecule has 3 N–H and O–H groups in total. The van der Waals surface area contributed by atoms with Crippen molar-refractivity contribution in [1.29, 1.82) is 0 Å². The summed E-state index contributed by atoms with van der Waals surface area (Å²) in [6, 6.07) is 4.57. The van der Waals surface area contributed by atoms with Crippen LogP contribution in [0.15, 0.2) is 18.2 Å². The lowest BCUT2D eigenvalue weighted by Gasteiger charge is -2.23. The molecule has 5 nitrogen and oxygen atoms in total. The molecule has 0 aromatic heterocycles. The van der Waals surface area contributed by atoms with Crippen molar-refractivity contribution in [2.75, 3.05) is 6.54 Å². The van der Waals surface area contributed by atoms with Gasteiger partial charge in [-0.05, 0) is 48.6 Å². The number of benzene rings is 1. The van der Waals surface area contributed by atoms with Gasteiger partial charge in [0.05, 0.1) is 0 Å². The van der Waals surface area contributed by atoms with Crippen molar-refractivity contribution < 1.29 is 14.7 Å². The maximum absolute atomic E-state index is 12.5. The molecule has 0 heterocycles. The number of rotatable bonds is 7. The summed E-state index contributed by atoms with van der Waals surface area (Å²) in [5, 5.41) is 15.9. The van der Waals surface area contributed by atoms with Crippen LogP contribution in [0, 0.1) is 17.3 Å². The molecule has 2 amide bonds. The van der Waals surface area contributed by atoms with E-state index in [9.17, 15) is 14.7 Å². The minimum atomic E-state index is -1.09. The summed E-state index contributed by atoms with van der Waals surface area (Å²) >= 11 is 12.3. The summed E-state index contributed by atoms with van der Waals surface area (Å²) in [6.07, 6.45) is 3.04. The van der Waals surface area contributed by atoms with Gasteiger partial charge < -0.3 is 15.7 Å². The Morgan fingerprint density at radius 1 is 1.21 bits per heavy atom. The number of carbonyl (C=O) groups is 2. The third kappa shape index (κ3) is 6.02. The minimum Gasteiger partial charge on any atom is -0.481 e. The van der Waals surface area contributed by atoms with Gasteiger partial charge in [-0.3, -0.25) is 4.79 Å². The van der Waals surface area contributed by atoms with Crippen LogP contribution in [0.1, 0.15) is 58.4 Å². The topological polar surface area (TPSA) is 78.4 Å². The van der Waals surface area contributed by atoms with Gasteiger partial charge in [0, 0.05) is 28.2 Å². The molecule has 1 fully saturated rings. The Hall–Kier alpha value is -1.46. The second-order valence-electron chi connectivity index (χ2n) is 8.95. The summed E-state index contributed by atoms with van der Waals surface area (Å²) in [6.45, 7) is 8.73. The number of carboxylic acids is 1. The Morgan fingerprint density at radius 3 is 2.36 bits per heavy atom. The van der Waals surface area contributed by atoms with Crippen molar-refractivity contribution >= 4 is 35.2 Å². The van der Waals surface area contributed by atoms with E-state index >= 15 is 0 Å². The molecule has 1 aromatic carbocycles. The fourth-order valence-electron chi connectivity index (χ4n) is 4.29. The minimum absolute atomic E-state index is 0.0876. The number of amides is 2. The summed E-state index contributed by atoms with van der Waals surface area (Å²) in [4.78, 5) is 24.2. The number of carboxylic acid groups (broad SMARTS) is 1. The SMILES string of the molecule is CC(C)CC1CC(C)(C)CC1NC(=O)NCC(C(=O)O)c1c(Cl)cccc1Cl. The van der Waals surface area contributed by atoms with Crippen LogP contribution in [0.3, 0.4) is 0 Å². The first-order valence-corrected chi connectivity index (χ1v) is 10.5. The highest BCUT2D eigenvalue weighted by atomic mass is 35.5. The molecule has 0 radical (unpaired) electrons. The molecular formula is C21H30Cl2N2O3. The van der Waals surface area contributed by atoms with Crippen LogP contribution >= 0.6 is 23.2 Å². The maximum Gasteiger partial charge on any atom is 0.315 e. The Labute approximate surface area is 177 Å². The summed E-state index contributed by atoms with van der Waals surface area (Å²) in [7, 11) is 0. The Bertz CT molecular complexity index is 701. The zero-order valence-electron chi connectivity index (χ0n) is 16.9. The third-order valence-electron chi connectivity index (χ3n) is 5.36. The van der Waals surface area contributed by atoms with Gasteiger partial charge in [0.25, 0.3) is 0 Å². The van der Waals surface area contributed by atoms with Crippen LogP contribution in [0.4, 0.5) is 4.79 Å². The van der Waals surface area contributed by atoms with Crippen molar-refractivity contribution in [3.8, 4) is 0 Å². The molecule has 7 heteroatoms. The number of aliphatic carboxylic acids is 1. The molecule has 1 aliphatic carbocycles. The molecule has 0 spiro atoms. The molecular weight excluding hydrogens is 399 g/mol. The van der Waals surface area contributed by atoms with Crippen LogP contribution in [-0.4, -0.2) is 29.7 Å².